The number of nitrogens with two attached hydrogens (primary N) is 1. The van der Waals surface area contributed by atoms with Crippen molar-refractivity contribution in [2.24, 2.45) is 11.7 Å². The highest BCUT2D eigenvalue weighted by Crippen LogP contribution is 2.13. The van der Waals surface area contributed by atoms with E-state index in [1.807, 2.05) is 24.3 Å². The van der Waals surface area contributed by atoms with Gasteiger partial charge in [0.15, 0.2) is 0 Å². The van der Waals surface area contributed by atoms with Gasteiger partial charge in [-0.1, -0.05) is 26.0 Å². The average Bonchev–Trinajstić information content (AvgIpc) is 2.41. The third-order valence-corrected chi connectivity index (χ3v) is 3.18. The van der Waals surface area contributed by atoms with Gasteiger partial charge in [-0.05, 0) is 50.0 Å². The van der Waals surface area contributed by atoms with Crippen LogP contribution in [0.3, 0.4) is 0 Å². The molecule has 1 rings (SSSR count). The van der Waals surface area contributed by atoms with Gasteiger partial charge in [0.1, 0.15) is 5.75 Å². The van der Waals surface area contributed by atoms with Gasteiger partial charge in [-0.2, -0.15) is 0 Å². The number of rotatable bonds is 9. The highest BCUT2D eigenvalue weighted by molar-refractivity contribution is 5.28. The maximum absolute atomic E-state index is 5.74. The SMILES string of the molecule is CC(C)CCN(C)CCCOc1cccc(CN)c1. The van der Waals surface area contributed by atoms with Crippen molar-refractivity contribution in [3.63, 3.8) is 0 Å². The second-order valence-corrected chi connectivity index (χ2v) is 5.54. The van der Waals surface area contributed by atoms with Crippen LogP contribution in [0.2, 0.25) is 0 Å². The molecule has 0 aliphatic rings. The summed E-state index contributed by atoms with van der Waals surface area (Å²) in [5.41, 5.74) is 6.73. The van der Waals surface area contributed by atoms with Gasteiger partial charge >= 0.3 is 0 Å². The summed E-state index contributed by atoms with van der Waals surface area (Å²) >= 11 is 0. The van der Waals surface area contributed by atoms with E-state index < -0.39 is 0 Å². The lowest BCUT2D eigenvalue weighted by Gasteiger charge is -2.17. The largest absolute Gasteiger partial charge is 0.494 e. The molecule has 0 amide bonds. The molecule has 19 heavy (non-hydrogen) atoms. The Bertz CT molecular complexity index is 352. The van der Waals surface area contributed by atoms with E-state index in [9.17, 15) is 0 Å². The fourth-order valence-electron chi connectivity index (χ4n) is 1.88. The summed E-state index contributed by atoms with van der Waals surface area (Å²) in [5.74, 6) is 1.70. The lowest BCUT2D eigenvalue weighted by molar-refractivity contribution is 0.255. The van der Waals surface area contributed by atoms with E-state index >= 15 is 0 Å². The molecule has 2 N–H and O–H groups in total. The maximum atomic E-state index is 5.74. The molecule has 0 unspecified atom stereocenters. The molecule has 1 aromatic rings. The fourth-order valence-corrected chi connectivity index (χ4v) is 1.88. The number of nitrogens with zero attached hydrogens (tertiary/aromatic N) is 1. The second-order valence-electron chi connectivity index (χ2n) is 5.54. The monoisotopic (exact) mass is 264 g/mol. The Morgan fingerprint density at radius 1 is 1.26 bits per heavy atom. The molecule has 0 fully saturated rings. The molecule has 0 saturated carbocycles. The summed E-state index contributed by atoms with van der Waals surface area (Å²) in [5, 5.41) is 0. The van der Waals surface area contributed by atoms with Gasteiger partial charge in [-0.25, -0.2) is 0 Å². The van der Waals surface area contributed by atoms with Crippen LogP contribution in [0.25, 0.3) is 0 Å². The molecular weight excluding hydrogens is 236 g/mol. The first-order valence-electron chi connectivity index (χ1n) is 7.22. The topological polar surface area (TPSA) is 38.5 Å². The maximum Gasteiger partial charge on any atom is 0.119 e. The molecule has 0 bridgehead atoms. The van der Waals surface area contributed by atoms with Gasteiger partial charge in [0, 0.05) is 13.1 Å². The summed E-state index contributed by atoms with van der Waals surface area (Å²) in [6.45, 7) is 8.11. The second kappa shape index (κ2) is 8.94. The minimum absolute atomic E-state index is 0.565. The highest BCUT2D eigenvalue weighted by atomic mass is 16.5. The molecule has 0 aliphatic carbocycles. The van der Waals surface area contributed by atoms with Crippen molar-refractivity contribution in [1.82, 2.24) is 4.90 Å². The lowest BCUT2D eigenvalue weighted by atomic mass is 10.1. The summed E-state index contributed by atoms with van der Waals surface area (Å²) in [6, 6.07) is 8.02. The van der Waals surface area contributed by atoms with Crippen molar-refractivity contribution in [2.75, 3.05) is 26.7 Å². The summed E-state index contributed by atoms with van der Waals surface area (Å²) in [4.78, 5) is 2.37. The lowest BCUT2D eigenvalue weighted by Crippen LogP contribution is -2.23. The van der Waals surface area contributed by atoms with Crippen molar-refractivity contribution >= 4 is 0 Å². The smallest absolute Gasteiger partial charge is 0.119 e. The number of benzene rings is 1. The van der Waals surface area contributed by atoms with Crippen LogP contribution in [0.4, 0.5) is 0 Å². The summed E-state index contributed by atoms with van der Waals surface area (Å²) in [6.07, 6.45) is 2.32. The van der Waals surface area contributed by atoms with Gasteiger partial charge in [0.05, 0.1) is 6.61 Å². The van der Waals surface area contributed by atoms with Gasteiger partial charge in [-0.3, -0.25) is 0 Å². The van der Waals surface area contributed by atoms with Gasteiger partial charge < -0.3 is 15.4 Å². The molecule has 3 heteroatoms. The molecule has 0 saturated heterocycles. The van der Waals surface area contributed by atoms with Crippen molar-refractivity contribution in [3.05, 3.63) is 29.8 Å². The molecule has 0 aromatic heterocycles. The molecule has 0 aliphatic heterocycles. The van der Waals surface area contributed by atoms with E-state index in [2.05, 4.69) is 25.8 Å². The first-order valence-corrected chi connectivity index (χ1v) is 7.22. The van der Waals surface area contributed by atoms with E-state index in [1.54, 1.807) is 0 Å². The average molecular weight is 264 g/mol. The van der Waals surface area contributed by atoms with E-state index in [1.165, 1.54) is 13.0 Å². The Balaban J connectivity index is 2.16. The van der Waals surface area contributed by atoms with Crippen molar-refractivity contribution in [3.8, 4) is 5.75 Å². The Labute approximate surface area is 117 Å². The van der Waals surface area contributed by atoms with Crippen molar-refractivity contribution in [1.29, 1.82) is 0 Å². The zero-order chi connectivity index (χ0) is 14.1. The fraction of sp³-hybridized carbons (Fsp3) is 0.625. The molecule has 0 heterocycles. The first-order chi connectivity index (χ1) is 9.11. The predicted octanol–water partition coefficient (Wildman–Crippen LogP) is 2.89. The van der Waals surface area contributed by atoms with Crippen LogP contribution in [-0.4, -0.2) is 31.6 Å². The van der Waals surface area contributed by atoms with Crippen LogP contribution in [0.5, 0.6) is 5.75 Å². The van der Waals surface area contributed by atoms with Gasteiger partial charge in [-0.15, -0.1) is 0 Å². The minimum atomic E-state index is 0.565. The summed E-state index contributed by atoms with van der Waals surface area (Å²) in [7, 11) is 2.18. The number of ether oxygens (including phenoxy) is 1. The van der Waals surface area contributed by atoms with E-state index in [0.29, 0.717) is 6.54 Å². The Morgan fingerprint density at radius 2 is 2.05 bits per heavy atom. The van der Waals surface area contributed by atoms with Crippen LogP contribution in [0.1, 0.15) is 32.3 Å². The van der Waals surface area contributed by atoms with Crippen molar-refractivity contribution in [2.45, 2.75) is 33.2 Å². The molecular formula is C16H28N2O. The molecule has 0 radical (unpaired) electrons. The zero-order valence-corrected chi connectivity index (χ0v) is 12.6. The minimum Gasteiger partial charge on any atom is -0.494 e. The number of hydrogen-bond acceptors (Lipinski definition) is 3. The van der Waals surface area contributed by atoms with Crippen LogP contribution < -0.4 is 10.5 Å². The molecule has 0 spiro atoms. The van der Waals surface area contributed by atoms with Gasteiger partial charge in [0.2, 0.25) is 0 Å². The summed E-state index contributed by atoms with van der Waals surface area (Å²) < 4.78 is 5.74. The molecule has 3 nitrogen and oxygen atoms in total. The van der Waals surface area contributed by atoms with Gasteiger partial charge in [0.25, 0.3) is 0 Å². The highest BCUT2D eigenvalue weighted by Gasteiger charge is 2.01. The predicted molar refractivity (Wildman–Crippen MR) is 81.4 cm³/mol. The van der Waals surface area contributed by atoms with Crippen LogP contribution in [-0.2, 0) is 6.54 Å². The van der Waals surface area contributed by atoms with Crippen LogP contribution in [0.15, 0.2) is 24.3 Å². The van der Waals surface area contributed by atoms with E-state index in [0.717, 1.165) is 36.8 Å². The quantitative estimate of drug-likeness (QED) is 0.697. The Kier molecular flexibility index (Phi) is 7.53. The first kappa shape index (κ1) is 16.0. The molecule has 0 atom stereocenters. The third-order valence-electron chi connectivity index (χ3n) is 3.18. The van der Waals surface area contributed by atoms with Crippen LogP contribution in [0, 0.1) is 5.92 Å². The standard InChI is InChI=1S/C16H28N2O/c1-14(2)8-10-18(3)9-5-11-19-16-7-4-6-15(12-16)13-17/h4,6-7,12,14H,5,8-11,13,17H2,1-3H3. The third kappa shape index (κ3) is 7.19. The molecule has 1 aromatic carbocycles. The van der Waals surface area contributed by atoms with E-state index in [4.69, 9.17) is 10.5 Å². The molecule has 108 valence electrons. The number of hydrogen-bond donors (Lipinski definition) is 1. The normalized spacial score (nSPS) is 11.3. The Morgan fingerprint density at radius 3 is 2.74 bits per heavy atom. The zero-order valence-electron chi connectivity index (χ0n) is 12.6. The van der Waals surface area contributed by atoms with Crippen molar-refractivity contribution < 1.29 is 4.74 Å². The van der Waals surface area contributed by atoms with Crippen LogP contribution >= 0.6 is 0 Å². The van der Waals surface area contributed by atoms with E-state index in [-0.39, 0.29) is 0 Å². The Hall–Kier alpha value is -1.06.